The van der Waals surface area contributed by atoms with Crippen molar-refractivity contribution in [1.29, 1.82) is 0 Å². The maximum atomic E-state index is 12.8. The van der Waals surface area contributed by atoms with Crippen LogP contribution in [0.4, 0.5) is 0 Å². The molecule has 128 valence electrons. The number of nitrogens with zero attached hydrogens (tertiary/aromatic N) is 3. The average Bonchev–Trinajstić information content (AvgIpc) is 3.34. The first-order chi connectivity index (χ1) is 12.1. The van der Waals surface area contributed by atoms with Crippen molar-refractivity contribution in [3.63, 3.8) is 0 Å². The molecule has 1 aliphatic heterocycles. The van der Waals surface area contributed by atoms with Crippen LogP contribution in [0.2, 0.25) is 0 Å². The Morgan fingerprint density at radius 2 is 2.32 bits per heavy atom. The zero-order chi connectivity index (χ0) is 17.4. The third kappa shape index (κ3) is 2.74. The van der Waals surface area contributed by atoms with Crippen molar-refractivity contribution in [3.05, 3.63) is 42.2 Å². The Kier molecular flexibility index (Phi) is 3.69. The fourth-order valence-corrected chi connectivity index (χ4v) is 2.91. The average molecular weight is 340 g/mol. The Morgan fingerprint density at radius 1 is 1.44 bits per heavy atom. The third-order valence-electron chi connectivity index (χ3n) is 4.14. The first-order valence-corrected chi connectivity index (χ1v) is 7.87. The molecule has 0 aromatic carbocycles. The molecule has 4 rings (SSSR count). The lowest BCUT2D eigenvalue weighted by Gasteiger charge is -2.13. The molecule has 0 saturated carbocycles. The first kappa shape index (κ1) is 15.3. The van der Waals surface area contributed by atoms with E-state index in [4.69, 9.17) is 10.2 Å². The van der Waals surface area contributed by atoms with Crippen molar-refractivity contribution in [3.8, 4) is 11.5 Å². The molecule has 9 heteroatoms. The van der Waals surface area contributed by atoms with Gasteiger partial charge >= 0.3 is 0 Å². The molecule has 0 bridgehead atoms. The maximum Gasteiger partial charge on any atom is 0.271 e. The van der Waals surface area contributed by atoms with E-state index in [-0.39, 0.29) is 23.3 Å². The number of imidazole rings is 1. The normalized spacial score (nSPS) is 17.0. The maximum absolute atomic E-state index is 12.8. The molecule has 9 nitrogen and oxygen atoms in total. The van der Waals surface area contributed by atoms with Crippen molar-refractivity contribution in [2.75, 3.05) is 13.1 Å². The minimum Gasteiger partial charge on any atom is -0.463 e. The van der Waals surface area contributed by atoms with Crippen LogP contribution in [0.5, 0.6) is 0 Å². The number of furan rings is 1. The summed E-state index contributed by atoms with van der Waals surface area (Å²) in [6, 6.07) is 5.11. The van der Waals surface area contributed by atoms with E-state index >= 15 is 0 Å². The van der Waals surface area contributed by atoms with Crippen molar-refractivity contribution < 1.29 is 14.0 Å². The van der Waals surface area contributed by atoms with Crippen LogP contribution >= 0.6 is 0 Å². The molecule has 1 unspecified atom stereocenters. The summed E-state index contributed by atoms with van der Waals surface area (Å²) >= 11 is 0. The second-order valence-electron chi connectivity index (χ2n) is 5.82. The van der Waals surface area contributed by atoms with Gasteiger partial charge in [-0.3, -0.25) is 14.0 Å². The molecule has 0 spiro atoms. The van der Waals surface area contributed by atoms with Gasteiger partial charge in [0.25, 0.3) is 11.8 Å². The summed E-state index contributed by atoms with van der Waals surface area (Å²) in [5, 5.41) is 6.17. The highest BCUT2D eigenvalue weighted by Gasteiger charge is 2.23. The Labute approximate surface area is 142 Å². The number of nitrogens with two attached hydrogens (primary N) is 1. The highest BCUT2D eigenvalue weighted by atomic mass is 16.3. The van der Waals surface area contributed by atoms with E-state index in [1.165, 1.54) is 17.0 Å². The summed E-state index contributed by atoms with van der Waals surface area (Å²) < 4.78 is 6.83. The fraction of sp³-hybridized carbons (Fsp3) is 0.250. The van der Waals surface area contributed by atoms with Crippen LogP contribution in [0, 0.1) is 0 Å². The Hall–Kier alpha value is -3.20. The number of aromatic nitrogens is 3. The molecule has 25 heavy (non-hydrogen) atoms. The molecule has 1 fully saturated rings. The predicted molar refractivity (Wildman–Crippen MR) is 87.9 cm³/mol. The molecule has 3 aromatic heterocycles. The highest BCUT2D eigenvalue weighted by Crippen LogP contribution is 2.22. The zero-order valence-corrected chi connectivity index (χ0v) is 13.2. The van der Waals surface area contributed by atoms with E-state index in [1.54, 1.807) is 18.2 Å². The summed E-state index contributed by atoms with van der Waals surface area (Å²) in [6.07, 6.45) is 3.74. The van der Waals surface area contributed by atoms with E-state index < -0.39 is 5.91 Å². The van der Waals surface area contributed by atoms with Gasteiger partial charge in [0.1, 0.15) is 17.7 Å². The van der Waals surface area contributed by atoms with Crippen LogP contribution in [0.25, 0.3) is 17.1 Å². The molecular formula is C16H16N6O3. The first-order valence-electron chi connectivity index (χ1n) is 7.87. The summed E-state index contributed by atoms with van der Waals surface area (Å²) in [7, 11) is 0. The van der Waals surface area contributed by atoms with Gasteiger partial charge in [-0.05, 0) is 31.2 Å². The topological polar surface area (TPSA) is 128 Å². The number of rotatable bonds is 4. The van der Waals surface area contributed by atoms with Crippen LogP contribution in [0.15, 0.2) is 35.2 Å². The molecule has 1 aliphatic rings. The number of fused-ring (bicyclic) bond motifs is 1. The van der Waals surface area contributed by atoms with E-state index in [0.29, 0.717) is 17.1 Å². The minimum absolute atomic E-state index is 0.00462. The quantitative estimate of drug-likeness (QED) is 0.622. The molecule has 3 aromatic rings. The van der Waals surface area contributed by atoms with Gasteiger partial charge in [-0.1, -0.05) is 0 Å². The zero-order valence-electron chi connectivity index (χ0n) is 13.2. The van der Waals surface area contributed by atoms with E-state index in [2.05, 4.69) is 20.6 Å². The Bertz CT molecular complexity index is 940. The van der Waals surface area contributed by atoms with E-state index in [9.17, 15) is 9.59 Å². The van der Waals surface area contributed by atoms with Gasteiger partial charge in [0.05, 0.1) is 6.26 Å². The van der Waals surface area contributed by atoms with Gasteiger partial charge in [-0.2, -0.15) is 0 Å². The minimum atomic E-state index is -0.710. The smallest absolute Gasteiger partial charge is 0.271 e. The van der Waals surface area contributed by atoms with Crippen LogP contribution in [0.3, 0.4) is 0 Å². The van der Waals surface area contributed by atoms with Gasteiger partial charge < -0.3 is 20.8 Å². The lowest BCUT2D eigenvalue weighted by molar-refractivity contribution is 0.0932. The van der Waals surface area contributed by atoms with Crippen LogP contribution in [-0.2, 0) is 0 Å². The predicted octanol–water partition coefficient (Wildman–Crippen LogP) is 0.180. The summed E-state index contributed by atoms with van der Waals surface area (Å²) in [5.74, 6) is -0.504. The largest absolute Gasteiger partial charge is 0.463 e. The summed E-state index contributed by atoms with van der Waals surface area (Å²) in [5.41, 5.74) is 6.32. The lowest BCUT2D eigenvalue weighted by atomic mass is 10.2. The number of carbonyl (C=O) groups is 2. The molecule has 1 atom stereocenters. The van der Waals surface area contributed by atoms with E-state index in [0.717, 1.165) is 19.5 Å². The summed E-state index contributed by atoms with van der Waals surface area (Å²) in [4.78, 5) is 32.7. The van der Waals surface area contributed by atoms with Crippen molar-refractivity contribution in [1.82, 2.24) is 25.0 Å². The Morgan fingerprint density at radius 3 is 3.00 bits per heavy atom. The van der Waals surface area contributed by atoms with Crippen molar-refractivity contribution in [2.24, 2.45) is 5.73 Å². The van der Waals surface area contributed by atoms with Gasteiger partial charge in [0, 0.05) is 12.6 Å². The number of primary amides is 1. The fourth-order valence-electron chi connectivity index (χ4n) is 2.91. The molecule has 0 radical (unpaired) electrons. The monoisotopic (exact) mass is 340 g/mol. The van der Waals surface area contributed by atoms with Crippen LogP contribution in [-0.4, -0.2) is 45.3 Å². The molecule has 4 N–H and O–H groups in total. The van der Waals surface area contributed by atoms with Crippen molar-refractivity contribution >= 4 is 17.5 Å². The van der Waals surface area contributed by atoms with Gasteiger partial charge in [-0.15, -0.1) is 0 Å². The number of amides is 2. The second kappa shape index (κ2) is 6.02. The summed E-state index contributed by atoms with van der Waals surface area (Å²) in [6.45, 7) is 1.59. The molecule has 4 heterocycles. The lowest BCUT2D eigenvalue weighted by Crippen LogP contribution is -2.37. The molecule has 2 amide bonds. The second-order valence-corrected chi connectivity index (χ2v) is 5.82. The number of hydrogen-bond acceptors (Lipinski definition) is 6. The Balaban J connectivity index is 1.83. The number of carbonyl (C=O) groups excluding carboxylic acids is 2. The third-order valence-corrected chi connectivity index (χ3v) is 4.14. The van der Waals surface area contributed by atoms with Crippen LogP contribution in [0.1, 0.15) is 27.4 Å². The number of hydrogen-bond donors (Lipinski definition) is 3. The standard InChI is InChI=1S/C16H16N6O3/c17-14(23)13-15-21-10(12-2-1-5-25-12)6-11(22(15)8-19-13)16(24)20-9-3-4-18-7-9/h1-2,5-6,8-9,18H,3-4,7H2,(H2,17,23)(H,20,24). The molecule has 1 saturated heterocycles. The van der Waals surface area contributed by atoms with Gasteiger partial charge in [-0.25, -0.2) is 9.97 Å². The van der Waals surface area contributed by atoms with Crippen LogP contribution < -0.4 is 16.4 Å². The number of nitrogens with one attached hydrogen (secondary N) is 2. The SMILES string of the molecule is NC(=O)c1ncn2c(C(=O)NC3CCNC3)cc(-c3ccco3)nc12. The van der Waals surface area contributed by atoms with Crippen molar-refractivity contribution in [2.45, 2.75) is 12.5 Å². The van der Waals surface area contributed by atoms with Gasteiger partial charge in [0.2, 0.25) is 0 Å². The molecule has 0 aliphatic carbocycles. The molecular weight excluding hydrogens is 324 g/mol. The van der Waals surface area contributed by atoms with E-state index in [1.807, 2.05) is 0 Å². The highest BCUT2D eigenvalue weighted by molar-refractivity contribution is 5.99. The van der Waals surface area contributed by atoms with Gasteiger partial charge in [0.15, 0.2) is 17.1 Å².